The van der Waals surface area contributed by atoms with Gasteiger partial charge in [0.25, 0.3) is 0 Å². The summed E-state index contributed by atoms with van der Waals surface area (Å²) in [6, 6.07) is 10.1. The fraction of sp³-hybridized carbons (Fsp3) is 0.250. The highest BCUT2D eigenvalue weighted by Gasteiger charge is 2.18. The zero-order chi connectivity index (χ0) is 14.8. The topological polar surface area (TPSA) is 71.0 Å². The molecule has 1 atom stereocenters. The molecule has 0 aliphatic carbocycles. The van der Waals surface area contributed by atoms with Gasteiger partial charge in [-0.3, -0.25) is 0 Å². The van der Waals surface area contributed by atoms with Crippen molar-refractivity contribution in [2.45, 2.75) is 19.5 Å². The number of aromatic hydroxyl groups is 2. The van der Waals surface area contributed by atoms with Crippen LogP contribution in [-0.4, -0.2) is 17.0 Å². The lowest BCUT2D eigenvalue weighted by Crippen LogP contribution is -2.18. The van der Waals surface area contributed by atoms with E-state index in [0.29, 0.717) is 12.1 Å². The molecule has 5 heteroatoms. The monoisotopic (exact) mass is 287 g/mol. The fourth-order valence-electron chi connectivity index (χ4n) is 2.39. The first kappa shape index (κ1) is 13.6. The summed E-state index contributed by atoms with van der Waals surface area (Å²) >= 11 is 0. The summed E-state index contributed by atoms with van der Waals surface area (Å²) < 4.78 is 10.8. The molecule has 0 radical (unpaired) electrons. The minimum Gasteiger partial charge on any atom is -0.508 e. The number of hydrogen-bond acceptors (Lipinski definition) is 5. The Kier molecular flexibility index (Phi) is 3.58. The summed E-state index contributed by atoms with van der Waals surface area (Å²) in [5, 5.41) is 22.7. The van der Waals surface area contributed by atoms with E-state index in [2.05, 4.69) is 5.32 Å². The molecular formula is C16H17NO4. The van der Waals surface area contributed by atoms with Crippen molar-refractivity contribution in [1.29, 1.82) is 0 Å². The molecule has 0 saturated carbocycles. The minimum absolute atomic E-state index is 0.115. The average molecular weight is 287 g/mol. The predicted octanol–water partition coefficient (Wildman–Crippen LogP) is 2.68. The van der Waals surface area contributed by atoms with Gasteiger partial charge in [0.15, 0.2) is 11.5 Å². The molecule has 0 aromatic heterocycles. The van der Waals surface area contributed by atoms with Crippen LogP contribution < -0.4 is 14.8 Å². The van der Waals surface area contributed by atoms with Crippen LogP contribution in [0.15, 0.2) is 36.4 Å². The molecule has 1 aliphatic heterocycles. The van der Waals surface area contributed by atoms with Crippen molar-refractivity contribution >= 4 is 0 Å². The number of nitrogens with one attached hydrogen (secondary N) is 1. The minimum atomic E-state index is -0.115. The Bertz CT molecular complexity index is 657. The maximum atomic E-state index is 9.86. The first-order valence-electron chi connectivity index (χ1n) is 6.78. The Morgan fingerprint density at radius 3 is 2.90 bits per heavy atom. The van der Waals surface area contributed by atoms with Crippen molar-refractivity contribution in [1.82, 2.24) is 5.32 Å². The molecule has 21 heavy (non-hydrogen) atoms. The molecule has 3 N–H and O–H groups in total. The number of phenolic OH excluding ortho intramolecular Hbond substituents is 2. The van der Waals surface area contributed by atoms with E-state index in [-0.39, 0.29) is 24.3 Å². The summed E-state index contributed by atoms with van der Waals surface area (Å²) in [6.45, 7) is 2.74. The predicted molar refractivity (Wildman–Crippen MR) is 77.6 cm³/mol. The third kappa shape index (κ3) is 2.73. The Morgan fingerprint density at radius 2 is 2.05 bits per heavy atom. The zero-order valence-electron chi connectivity index (χ0n) is 11.7. The summed E-state index contributed by atoms with van der Waals surface area (Å²) in [4.78, 5) is 0. The van der Waals surface area contributed by atoms with Crippen LogP contribution in [0.4, 0.5) is 0 Å². The van der Waals surface area contributed by atoms with Gasteiger partial charge in [0.2, 0.25) is 6.79 Å². The van der Waals surface area contributed by atoms with Crippen molar-refractivity contribution in [2.24, 2.45) is 0 Å². The van der Waals surface area contributed by atoms with E-state index in [0.717, 1.165) is 17.1 Å². The lowest BCUT2D eigenvalue weighted by Gasteiger charge is -2.16. The van der Waals surface area contributed by atoms with E-state index in [1.54, 1.807) is 6.07 Å². The highest BCUT2D eigenvalue weighted by atomic mass is 16.7. The van der Waals surface area contributed by atoms with Crippen molar-refractivity contribution in [3.8, 4) is 23.0 Å². The number of hydrogen-bond donors (Lipinski definition) is 3. The summed E-state index contributed by atoms with van der Waals surface area (Å²) in [7, 11) is 0. The van der Waals surface area contributed by atoms with Gasteiger partial charge in [-0.2, -0.15) is 0 Å². The molecule has 2 aromatic rings. The van der Waals surface area contributed by atoms with Crippen LogP contribution >= 0.6 is 0 Å². The molecule has 0 bridgehead atoms. The molecule has 2 aromatic carbocycles. The largest absolute Gasteiger partial charge is 0.508 e. The van der Waals surface area contributed by atoms with E-state index >= 15 is 0 Å². The van der Waals surface area contributed by atoms with E-state index in [9.17, 15) is 10.2 Å². The van der Waals surface area contributed by atoms with Gasteiger partial charge in [-0.1, -0.05) is 12.1 Å². The molecule has 3 rings (SSSR count). The molecule has 0 fully saturated rings. The standard InChI is InChI=1S/C16H17NO4/c1-10(13-7-12(18)5-6-14(13)19)17-8-11-3-2-4-15-16(11)21-9-20-15/h2-7,10,17-19H,8-9H2,1H3. The SMILES string of the molecule is CC(NCc1cccc2c1OCO2)c1cc(O)ccc1O. The summed E-state index contributed by atoms with van der Waals surface area (Å²) in [6.07, 6.45) is 0. The van der Waals surface area contributed by atoms with E-state index < -0.39 is 0 Å². The van der Waals surface area contributed by atoms with Gasteiger partial charge in [-0.15, -0.1) is 0 Å². The zero-order valence-corrected chi connectivity index (χ0v) is 11.7. The summed E-state index contributed by atoms with van der Waals surface area (Å²) in [5.74, 6) is 1.80. The van der Waals surface area contributed by atoms with Crippen LogP contribution in [0.1, 0.15) is 24.1 Å². The van der Waals surface area contributed by atoms with E-state index in [1.807, 2.05) is 25.1 Å². The van der Waals surface area contributed by atoms with Crippen LogP contribution in [0.3, 0.4) is 0 Å². The number of benzene rings is 2. The Balaban J connectivity index is 1.73. The van der Waals surface area contributed by atoms with Crippen LogP contribution in [0.5, 0.6) is 23.0 Å². The van der Waals surface area contributed by atoms with Crippen molar-refractivity contribution in [2.75, 3.05) is 6.79 Å². The Morgan fingerprint density at radius 1 is 1.19 bits per heavy atom. The third-order valence-corrected chi connectivity index (χ3v) is 3.55. The van der Waals surface area contributed by atoms with Gasteiger partial charge in [0.1, 0.15) is 11.5 Å². The molecular weight excluding hydrogens is 270 g/mol. The van der Waals surface area contributed by atoms with Gasteiger partial charge in [-0.05, 0) is 31.2 Å². The second-order valence-electron chi connectivity index (χ2n) is 5.00. The number of fused-ring (bicyclic) bond motifs is 1. The summed E-state index contributed by atoms with van der Waals surface area (Å²) in [5.41, 5.74) is 1.65. The van der Waals surface area contributed by atoms with Crippen LogP contribution in [0.25, 0.3) is 0 Å². The highest BCUT2D eigenvalue weighted by Crippen LogP contribution is 2.35. The number of phenols is 2. The second-order valence-corrected chi connectivity index (χ2v) is 5.00. The second kappa shape index (κ2) is 5.54. The molecule has 1 unspecified atom stereocenters. The molecule has 1 aliphatic rings. The number of ether oxygens (including phenoxy) is 2. The molecule has 110 valence electrons. The molecule has 0 spiro atoms. The molecule has 0 saturated heterocycles. The van der Waals surface area contributed by atoms with Gasteiger partial charge in [0, 0.05) is 23.7 Å². The van der Waals surface area contributed by atoms with Gasteiger partial charge in [0.05, 0.1) is 0 Å². The fourth-order valence-corrected chi connectivity index (χ4v) is 2.39. The maximum absolute atomic E-state index is 9.86. The lowest BCUT2D eigenvalue weighted by atomic mass is 10.1. The number of para-hydroxylation sites is 1. The average Bonchev–Trinajstić information content (AvgIpc) is 2.96. The van der Waals surface area contributed by atoms with Gasteiger partial charge in [-0.25, -0.2) is 0 Å². The Hall–Kier alpha value is -2.40. The van der Waals surface area contributed by atoms with Gasteiger partial charge < -0.3 is 25.0 Å². The van der Waals surface area contributed by atoms with E-state index in [1.165, 1.54) is 12.1 Å². The maximum Gasteiger partial charge on any atom is 0.231 e. The van der Waals surface area contributed by atoms with Crippen molar-refractivity contribution in [3.63, 3.8) is 0 Å². The van der Waals surface area contributed by atoms with E-state index in [4.69, 9.17) is 9.47 Å². The molecule has 5 nitrogen and oxygen atoms in total. The van der Waals surface area contributed by atoms with Crippen LogP contribution in [0, 0.1) is 0 Å². The first-order valence-corrected chi connectivity index (χ1v) is 6.78. The smallest absolute Gasteiger partial charge is 0.231 e. The van der Waals surface area contributed by atoms with Crippen molar-refractivity contribution in [3.05, 3.63) is 47.5 Å². The van der Waals surface area contributed by atoms with Crippen molar-refractivity contribution < 1.29 is 19.7 Å². The third-order valence-electron chi connectivity index (χ3n) is 3.55. The van der Waals surface area contributed by atoms with Gasteiger partial charge >= 0.3 is 0 Å². The highest BCUT2D eigenvalue weighted by molar-refractivity contribution is 5.48. The van der Waals surface area contributed by atoms with Crippen LogP contribution in [-0.2, 0) is 6.54 Å². The lowest BCUT2D eigenvalue weighted by molar-refractivity contribution is 0.173. The normalized spacial score (nSPS) is 14.1. The molecule has 0 amide bonds. The first-order chi connectivity index (χ1) is 10.1. The molecule has 1 heterocycles. The Labute approximate surface area is 122 Å². The quantitative estimate of drug-likeness (QED) is 0.754. The van der Waals surface area contributed by atoms with Crippen LogP contribution in [0.2, 0.25) is 0 Å². The number of rotatable bonds is 4.